The number of hydrogen-bond donors (Lipinski definition) is 1. The number of nitrogens with zero attached hydrogens (tertiary/aromatic N) is 3. The van der Waals surface area contributed by atoms with Gasteiger partial charge in [-0.05, 0) is 57.1 Å². The topological polar surface area (TPSA) is 44.4 Å². The van der Waals surface area contributed by atoms with Crippen molar-refractivity contribution in [3.05, 3.63) is 48.5 Å². The zero-order valence-corrected chi connectivity index (χ0v) is 16.7. The number of para-hydroxylation sites is 2. The van der Waals surface area contributed by atoms with Gasteiger partial charge in [-0.15, -0.1) is 0 Å². The summed E-state index contributed by atoms with van der Waals surface area (Å²) in [6, 6.07) is 16.3. The molecule has 2 aromatic carbocycles. The van der Waals surface area contributed by atoms with Crippen molar-refractivity contribution >= 4 is 11.0 Å². The molecule has 0 bridgehead atoms. The van der Waals surface area contributed by atoms with Gasteiger partial charge < -0.3 is 19.5 Å². The molecule has 1 fully saturated rings. The van der Waals surface area contributed by atoms with Crippen molar-refractivity contribution < 1.29 is 4.74 Å². The van der Waals surface area contributed by atoms with Gasteiger partial charge in [-0.2, -0.15) is 0 Å². The van der Waals surface area contributed by atoms with Gasteiger partial charge in [-0.3, -0.25) is 0 Å². The summed E-state index contributed by atoms with van der Waals surface area (Å²) in [5.74, 6) is 1.80. The zero-order valence-electron chi connectivity index (χ0n) is 16.7. The van der Waals surface area contributed by atoms with E-state index < -0.39 is 0 Å². The van der Waals surface area contributed by atoms with Gasteiger partial charge in [-0.25, -0.2) is 4.98 Å². The van der Waals surface area contributed by atoms with Crippen LogP contribution in [-0.2, 0) is 0 Å². The monoisotopic (exact) mass is 378 g/mol. The van der Waals surface area contributed by atoms with Crippen LogP contribution in [0.5, 0.6) is 5.75 Å². The van der Waals surface area contributed by atoms with Crippen molar-refractivity contribution in [1.82, 2.24) is 19.8 Å². The summed E-state index contributed by atoms with van der Waals surface area (Å²) in [6.45, 7) is 6.81. The molecular weight excluding hydrogens is 348 g/mol. The van der Waals surface area contributed by atoms with Gasteiger partial charge in [0.05, 0.1) is 17.6 Å². The highest BCUT2D eigenvalue weighted by Gasteiger charge is 2.12. The highest BCUT2D eigenvalue weighted by Crippen LogP contribution is 2.24. The van der Waals surface area contributed by atoms with Crippen LogP contribution < -0.4 is 4.74 Å². The molecule has 1 aromatic heterocycles. The second-order valence-corrected chi connectivity index (χ2v) is 7.68. The van der Waals surface area contributed by atoms with Gasteiger partial charge in [0.15, 0.2) is 0 Å². The van der Waals surface area contributed by atoms with Gasteiger partial charge in [0.1, 0.15) is 11.6 Å². The van der Waals surface area contributed by atoms with Crippen molar-refractivity contribution in [1.29, 1.82) is 0 Å². The molecule has 5 nitrogen and oxygen atoms in total. The number of imidazole rings is 1. The lowest BCUT2D eigenvalue weighted by molar-refractivity contribution is 0.151. The molecule has 28 heavy (non-hydrogen) atoms. The fraction of sp³-hybridized carbons (Fsp3) is 0.435. The number of aromatic amines is 1. The average molecular weight is 379 g/mol. The van der Waals surface area contributed by atoms with Crippen LogP contribution in [0.1, 0.15) is 19.3 Å². The van der Waals surface area contributed by atoms with Gasteiger partial charge in [-0.1, -0.05) is 24.3 Å². The van der Waals surface area contributed by atoms with Crippen LogP contribution in [0.2, 0.25) is 0 Å². The number of ether oxygens (including phenoxy) is 1. The van der Waals surface area contributed by atoms with Gasteiger partial charge in [0.2, 0.25) is 0 Å². The summed E-state index contributed by atoms with van der Waals surface area (Å²) >= 11 is 0. The minimum atomic E-state index is 0.770. The number of aromatic nitrogens is 2. The van der Waals surface area contributed by atoms with Gasteiger partial charge in [0, 0.05) is 31.7 Å². The number of hydrogen-bond acceptors (Lipinski definition) is 4. The Morgan fingerprint density at radius 3 is 2.68 bits per heavy atom. The average Bonchev–Trinajstić information content (AvgIpc) is 3.16. The smallest absolute Gasteiger partial charge is 0.138 e. The van der Waals surface area contributed by atoms with Gasteiger partial charge >= 0.3 is 0 Å². The van der Waals surface area contributed by atoms with Crippen molar-refractivity contribution in [2.24, 2.45) is 0 Å². The highest BCUT2D eigenvalue weighted by molar-refractivity contribution is 5.79. The summed E-state index contributed by atoms with van der Waals surface area (Å²) in [5.41, 5.74) is 3.11. The summed E-state index contributed by atoms with van der Waals surface area (Å²) in [5, 5.41) is 0. The summed E-state index contributed by atoms with van der Waals surface area (Å²) in [6.07, 6.45) is 3.57. The summed E-state index contributed by atoms with van der Waals surface area (Å²) in [4.78, 5) is 13.0. The Hall–Kier alpha value is -2.37. The maximum atomic E-state index is 5.99. The first-order valence-corrected chi connectivity index (χ1v) is 10.4. The van der Waals surface area contributed by atoms with E-state index >= 15 is 0 Å². The number of likely N-dealkylation sites (N-methyl/N-ethyl adjacent to an activating group) is 1. The number of fused-ring (bicyclic) bond motifs is 1. The molecule has 148 valence electrons. The molecule has 0 spiro atoms. The number of nitrogens with one attached hydrogen (secondary N) is 1. The predicted molar refractivity (Wildman–Crippen MR) is 115 cm³/mol. The Morgan fingerprint density at radius 2 is 1.82 bits per heavy atom. The van der Waals surface area contributed by atoms with Crippen molar-refractivity contribution in [2.75, 3.05) is 46.4 Å². The normalized spacial score (nSPS) is 15.9. The third kappa shape index (κ3) is 4.91. The minimum Gasteiger partial charge on any atom is -0.494 e. The van der Waals surface area contributed by atoms with E-state index in [2.05, 4.69) is 38.9 Å². The van der Waals surface area contributed by atoms with Crippen LogP contribution in [0.25, 0.3) is 22.4 Å². The quantitative estimate of drug-likeness (QED) is 0.601. The molecular formula is C23H30N4O. The van der Waals surface area contributed by atoms with Crippen LogP contribution in [0, 0.1) is 0 Å². The van der Waals surface area contributed by atoms with Crippen molar-refractivity contribution in [3.8, 4) is 17.1 Å². The summed E-state index contributed by atoms with van der Waals surface area (Å²) < 4.78 is 5.99. The Morgan fingerprint density at radius 1 is 0.964 bits per heavy atom. The second kappa shape index (κ2) is 9.22. The lowest BCUT2D eigenvalue weighted by atomic mass is 10.2. The standard InChI is InChI=1S/C23H30N4O/c1-26-13-15-27(16-14-26)12-5-2-6-17-28-20-9-7-8-19(18-20)23-24-21-10-3-4-11-22(21)25-23/h3-4,7-11,18H,2,5-6,12-17H2,1H3,(H,24,25). The predicted octanol–water partition coefficient (Wildman–Crippen LogP) is 4.03. The molecule has 0 radical (unpaired) electrons. The van der Waals surface area contributed by atoms with Crippen molar-refractivity contribution in [3.63, 3.8) is 0 Å². The van der Waals surface area contributed by atoms with Crippen LogP contribution in [0.4, 0.5) is 0 Å². The van der Waals surface area contributed by atoms with Crippen LogP contribution in [-0.4, -0.2) is 66.1 Å². The maximum Gasteiger partial charge on any atom is 0.138 e. The molecule has 0 saturated carbocycles. The molecule has 3 aromatic rings. The van der Waals surface area contributed by atoms with Crippen LogP contribution in [0.15, 0.2) is 48.5 Å². The third-order valence-corrected chi connectivity index (χ3v) is 5.48. The molecule has 2 heterocycles. The highest BCUT2D eigenvalue weighted by atomic mass is 16.5. The van der Waals surface area contributed by atoms with E-state index in [0.717, 1.165) is 41.2 Å². The Bertz CT molecular complexity index is 850. The molecule has 0 unspecified atom stereocenters. The second-order valence-electron chi connectivity index (χ2n) is 7.68. The lowest BCUT2D eigenvalue weighted by Gasteiger charge is -2.32. The fourth-order valence-corrected chi connectivity index (χ4v) is 3.70. The first kappa shape index (κ1) is 19.0. The number of unbranched alkanes of at least 4 members (excludes halogenated alkanes) is 2. The van der Waals surface area contributed by atoms with E-state index in [1.807, 2.05) is 36.4 Å². The molecule has 1 aliphatic rings. The van der Waals surface area contributed by atoms with Crippen molar-refractivity contribution in [2.45, 2.75) is 19.3 Å². The Labute approximate surface area is 167 Å². The molecule has 4 rings (SSSR count). The molecule has 1 N–H and O–H groups in total. The van der Waals surface area contributed by atoms with Crippen LogP contribution >= 0.6 is 0 Å². The number of piperazine rings is 1. The SMILES string of the molecule is CN1CCN(CCCCCOc2cccc(-c3nc4ccccc4[nH]3)c2)CC1. The molecule has 0 amide bonds. The van der Waals surface area contributed by atoms with Gasteiger partial charge in [0.25, 0.3) is 0 Å². The molecule has 5 heteroatoms. The van der Waals surface area contributed by atoms with Crippen LogP contribution in [0.3, 0.4) is 0 Å². The third-order valence-electron chi connectivity index (χ3n) is 5.48. The molecule has 1 aliphatic heterocycles. The van der Waals surface area contributed by atoms with E-state index in [-0.39, 0.29) is 0 Å². The van der Waals surface area contributed by atoms with E-state index in [1.165, 1.54) is 45.6 Å². The first-order valence-electron chi connectivity index (χ1n) is 10.4. The summed E-state index contributed by atoms with van der Waals surface area (Å²) in [7, 11) is 2.21. The number of rotatable bonds is 8. The number of benzene rings is 2. The molecule has 0 aliphatic carbocycles. The van der Waals surface area contributed by atoms with E-state index in [4.69, 9.17) is 4.74 Å². The molecule has 1 saturated heterocycles. The van der Waals surface area contributed by atoms with E-state index in [1.54, 1.807) is 0 Å². The maximum absolute atomic E-state index is 5.99. The largest absolute Gasteiger partial charge is 0.494 e. The zero-order chi connectivity index (χ0) is 19.2. The van der Waals surface area contributed by atoms with E-state index in [0.29, 0.717) is 0 Å². The Balaban J connectivity index is 1.22. The first-order chi connectivity index (χ1) is 13.8. The fourth-order valence-electron chi connectivity index (χ4n) is 3.70. The number of H-pyrrole nitrogens is 1. The minimum absolute atomic E-state index is 0.770. The Kier molecular flexibility index (Phi) is 6.24. The van der Waals surface area contributed by atoms with E-state index in [9.17, 15) is 0 Å². The lowest BCUT2D eigenvalue weighted by Crippen LogP contribution is -2.44. The molecule has 0 atom stereocenters.